The highest BCUT2D eigenvalue weighted by Gasteiger charge is 2.16. The number of para-hydroxylation sites is 2. The average Bonchev–Trinajstić information content (AvgIpc) is 2.81. The van der Waals surface area contributed by atoms with E-state index in [-0.39, 0.29) is 35.8 Å². The molecule has 6 nitrogen and oxygen atoms in total. The highest BCUT2D eigenvalue weighted by molar-refractivity contribution is 7.91. The second-order valence-electron chi connectivity index (χ2n) is 6.63. The summed E-state index contributed by atoms with van der Waals surface area (Å²) < 4.78 is 41.1. The molecule has 0 atom stereocenters. The molecule has 0 radical (unpaired) electrons. The number of esters is 1. The molecule has 0 heterocycles. The molecule has 0 amide bonds. The monoisotopic (exact) mass is 440 g/mol. The van der Waals surface area contributed by atoms with Crippen LogP contribution in [0.2, 0.25) is 0 Å². The van der Waals surface area contributed by atoms with E-state index in [2.05, 4.69) is 0 Å². The summed E-state index contributed by atoms with van der Waals surface area (Å²) >= 11 is 0. The molecular weight excluding hydrogens is 416 g/mol. The van der Waals surface area contributed by atoms with Crippen molar-refractivity contribution in [2.75, 3.05) is 25.6 Å². The van der Waals surface area contributed by atoms with Crippen LogP contribution < -0.4 is 9.47 Å². The number of ether oxygens (including phenoxy) is 3. The first-order chi connectivity index (χ1) is 15.1. The van der Waals surface area contributed by atoms with Crippen molar-refractivity contribution in [1.82, 2.24) is 0 Å². The van der Waals surface area contributed by atoms with Crippen LogP contribution in [0.15, 0.2) is 89.8 Å². The van der Waals surface area contributed by atoms with Gasteiger partial charge in [-0.3, -0.25) is 0 Å². The Balaban J connectivity index is 1.46. The van der Waals surface area contributed by atoms with E-state index in [1.807, 2.05) is 30.3 Å². The Kier molecular flexibility index (Phi) is 8.06. The summed E-state index contributed by atoms with van der Waals surface area (Å²) in [6, 6.07) is 24.3. The molecule has 0 unspecified atom stereocenters. The summed E-state index contributed by atoms with van der Waals surface area (Å²) in [5.41, 5.74) is 0.285. The van der Waals surface area contributed by atoms with Crippen molar-refractivity contribution in [2.45, 2.75) is 11.3 Å². The number of sulfone groups is 1. The van der Waals surface area contributed by atoms with Crippen LogP contribution in [0.4, 0.5) is 0 Å². The maximum atomic E-state index is 12.4. The van der Waals surface area contributed by atoms with Gasteiger partial charge in [0.1, 0.15) is 30.3 Å². The first kappa shape index (κ1) is 22.4. The minimum absolute atomic E-state index is 0.00362. The van der Waals surface area contributed by atoms with Crippen molar-refractivity contribution in [3.8, 4) is 11.5 Å². The lowest BCUT2D eigenvalue weighted by atomic mass is 10.2. The maximum absolute atomic E-state index is 12.4. The van der Waals surface area contributed by atoms with Crippen molar-refractivity contribution in [3.63, 3.8) is 0 Å². The molecule has 162 valence electrons. The molecule has 7 heteroatoms. The SMILES string of the molecule is O=C(OCCCS(=O)(=O)c1ccccc1)c1ccccc1OCCOc1ccccc1. The largest absolute Gasteiger partial charge is 0.490 e. The molecule has 0 bridgehead atoms. The van der Waals surface area contributed by atoms with Crippen LogP contribution in [0.3, 0.4) is 0 Å². The quantitative estimate of drug-likeness (QED) is 0.329. The van der Waals surface area contributed by atoms with Gasteiger partial charge in [0.25, 0.3) is 0 Å². The Morgan fingerprint density at radius 1 is 0.710 bits per heavy atom. The number of carbonyl (C=O) groups is 1. The van der Waals surface area contributed by atoms with Gasteiger partial charge in [0.15, 0.2) is 9.84 Å². The second-order valence-corrected chi connectivity index (χ2v) is 8.74. The van der Waals surface area contributed by atoms with Crippen LogP contribution in [0.25, 0.3) is 0 Å². The molecule has 0 aliphatic rings. The standard InChI is InChI=1S/C24H24O6S/c25-24(30-16-9-19-31(26,27)21-12-5-2-6-13-21)22-14-7-8-15-23(22)29-18-17-28-20-10-3-1-4-11-20/h1-8,10-15H,9,16-19H2. The van der Waals surface area contributed by atoms with Crippen molar-refractivity contribution < 1.29 is 27.4 Å². The zero-order chi connectivity index (χ0) is 21.9. The van der Waals surface area contributed by atoms with Gasteiger partial charge in [-0.15, -0.1) is 0 Å². The molecule has 3 aromatic rings. The van der Waals surface area contributed by atoms with Gasteiger partial charge >= 0.3 is 5.97 Å². The minimum Gasteiger partial charge on any atom is -0.490 e. The van der Waals surface area contributed by atoms with E-state index in [1.54, 1.807) is 54.6 Å². The fourth-order valence-corrected chi connectivity index (χ4v) is 4.13. The molecule has 0 aromatic heterocycles. The van der Waals surface area contributed by atoms with E-state index in [9.17, 15) is 13.2 Å². The third kappa shape index (κ3) is 6.86. The van der Waals surface area contributed by atoms with Crippen molar-refractivity contribution >= 4 is 15.8 Å². The van der Waals surface area contributed by atoms with Gasteiger partial charge in [0, 0.05) is 0 Å². The van der Waals surface area contributed by atoms with Crippen LogP contribution in [0, 0.1) is 0 Å². The Morgan fingerprint density at radius 3 is 2.06 bits per heavy atom. The predicted octanol–water partition coefficient (Wildman–Crippen LogP) is 4.17. The summed E-state index contributed by atoms with van der Waals surface area (Å²) in [4.78, 5) is 12.7. The van der Waals surface area contributed by atoms with Crippen LogP contribution in [0.5, 0.6) is 11.5 Å². The zero-order valence-corrected chi connectivity index (χ0v) is 17.8. The van der Waals surface area contributed by atoms with Crippen LogP contribution in [-0.4, -0.2) is 40.0 Å². The van der Waals surface area contributed by atoms with Gasteiger partial charge in [-0.25, -0.2) is 13.2 Å². The number of rotatable bonds is 11. The van der Waals surface area contributed by atoms with E-state index in [0.717, 1.165) is 5.75 Å². The molecular formula is C24H24O6S. The lowest BCUT2D eigenvalue weighted by Crippen LogP contribution is -2.14. The third-order valence-electron chi connectivity index (χ3n) is 4.35. The van der Waals surface area contributed by atoms with Gasteiger partial charge in [-0.1, -0.05) is 48.5 Å². The van der Waals surface area contributed by atoms with Crippen molar-refractivity contribution in [2.24, 2.45) is 0 Å². The normalized spacial score (nSPS) is 11.0. The lowest BCUT2D eigenvalue weighted by molar-refractivity contribution is 0.0500. The summed E-state index contributed by atoms with van der Waals surface area (Å²) in [6.45, 7) is 0.579. The molecule has 31 heavy (non-hydrogen) atoms. The molecule has 3 aromatic carbocycles. The Morgan fingerprint density at radius 2 is 1.32 bits per heavy atom. The molecule has 0 aliphatic heterocycles. The molecule has 3 rings (SSSR count). The highest BCUT2D eigenvalue weighted by Crippen LogP contribution is 2.19. The second kappa shape index (κ2) is 11.2. The summed E-state index contributed by atoms with van der Waals surface area (Å²) in [6.07, 6.45) is 0.205. The molecule has 0 saturated carbocycles. The first-order valence-corrected chi connectivity index (χ1v) is 11.6. The highest BCUT2D eigenvalue weighted by atomic mass is 32.2. The summed E-state index contributed by atoms with van der Waals surface area (Å²) in [5, 5.41) is 0. The van der Waals surface area contributed by atoms with Crippen molar-refractivity contribution in [3.05, 3.63) is 90.5 Å². The Labute approximate surface area is 182 Å². The average molecular weight is 441 g/mol. The van der Waals surface area contributed by atoms with E-state index in [1.165, 1.54) is 0 Å². The number of benzene rings is 3. The van der Waals surface area contributed by atoms with Crippen molar-refractivity contribution in [1.29, 1.82) is 0 Å². The van der Waals surface area contributed by atoms with E-state index < -0.39 is 15.8 Å². The van der Waals surface area contributed by atoms with Gasteiger partial charge < -0.3 is 14.2 Å². The van der Waals surface area contributed by atoms with E-state index >= 15 is 0 Å². The lowest BCUT2D eigenvalue weighted by Gasteiger charge is -2.12. The van der Waals surface area contributed by atoms with Gasteiger partial charge in [0.05, 0.1) is 17.3 Å². The molecule has 0 N–H and O–H groups in total. The number of carbonyl (C=O) groups excluding carboxylic acids is 1. The Bertz CT molecular complexity index is 1070. The van der Waals surface area contributed by atoms with Gasteiger partial charge in [0.2, 0.25) is 0 Å². The number of hydrogen-bond donors (Lipinski definition) is 0. The summed E-state index contributed by atoms with van der Waals surface area (Å²) in [7, 11) is -3.40. The van der Waals surface area contributed by atoms with Crippen LogP contribution in [-0.2, 0) is 14.6 Å². The Hall–Kier alpha value is -3.32. The van der Waals surface area contributed by atoms with Gasteiger partial charge in [-0.2, -0.15) is 0 Å². The topological polar surface area (TPSA) is 78.9 Å². The zero-order valence-electron chi connectivity index (χ0n) is 17.0. The molecule has 0 fully saturated rings. The first-order valence-electron chi connectivity index (χ1n) is 9.91. The van der Waals surface area contributed by atoms with E-state index in [4.69, 9.17) is 14.2 Å². The van der Waals surface area contributed by atoms with Gasteiger partial charge in [-0.05, 0) is 42.8 Å². The number of hydrogen-bond acceptors (Lipinski definition) is 6. The minimum atomic E-state index is -3.40. The molecule has 0 spiro atoms. The van der Waals surface area contributed by atoms with Crippen LogP contribution >= 0.6 is 0 Å². The fourth-order valence-electron chi connectivity index (χ4n) is 2.83. The summed E-state index contributed by atoms with van der Waals surface area (Å²) in [5.74, 6) is 0.473. The maximum Gasteiger partial charge on any atom is 0.341 e. The van der Waals surface area contributed by atoms with E-state index in [0.29, 0.717) is 12.4 Å². The van der Waals surface area contributed by atoms with Crippen LogP contribution in [0.1, 0.15) is 16.8 Å². The smallest absolute Gasteiger partial charge is 0.341 e. The fraction of sp³-hybridized carbons (Fsp3) is 0.208. The third-order valence-corrected chi connectivity index (χ3v) is 6.17. The predicted molar refractivity (Wildman–Crippen MR) is 117 cm³/mol. The molecule has 0 aliphatic carbocycles. The molecule has 0 saturated heterocycles.